The van der Waals surface area contributed by atoms with Gasteiger partial charge in [0.1, 0.15) is 11.9 Å². The van der Waals surface area contributed by atoms with E-state index in [0.29, 0.717) is 6.10 Å². The molecule has 1 aromatic rings. The van der Waals surface area contributed by atoms with Gasteiger partial charge in [0, 0.05) is 0 Å². The van der Waals surface area contributed by atoms with E-state index in [9.17, 15) is 0 Å². The summed E-state index contributed by atoms with van der Waals surface area (Å²) in [6.07, 6.45) is 4.70. The number of rotatable bonds is 3. The minimum atomic E-state index is 0.255. The van der Waals surface area contributed by atoms with Crippen LogP contribution in [0.15, 0.2) is 22.8 Å². The fourth-order valence-electron chi connectivity index (χ4n) is 1.35. The van der Waals surface area contributed by atoms with Crippen LogP contribution in [0.2, 0.25) is 0 Å². The fourth-order valence-corrected chi connectivity index (χ4v) is 1.35. The summed E-state index contributed by atoms with van der Waals surface area (Å²) in [6, 6.07) is 3.88. The zero-order valence-corrected chi connectivity index (χ0v) is 6.62. The molecule has 0 unspecified atom stereocenters. The number of ether oxygens (including phenoxy) is 1. The Bertz CT molecular complexity index is 215. The minimum Gasteiger partial charge on any atom is -0.466 e. The summed E-state index contributed by atoms with van der Waals surface area (Å²) in [4.78, 5) is 0. The summed E-state index contributed by atoms with van der Waals surface area (Å²) in [5.74, 6) is 0.975. The van der Waals surface area contributed by atoms with Gasteiger partial charge in [0.2, 0.25) is 0 Å². The van der Waals surface area contributed by atoms with Crippen LogP contribution >= 0.6 is 0 Å². The highest BCUT2D eigenvalue weighted by molar-refractivity contribution is 5.09. The molecule has 0 aliphatic carbocycles. The zero-order valence-electron chi connectivity index (χ0n) is 6.62. The molecule has 2 heterocycles. The largest absolute Gasteiger partial charge is 0.466 e. The third-order valence-electron chi connectivity index (χ3n) is 1.98. The molecular weight excluding hydrogens is 140 g/mol. The molecule has 0 N–H and O–H groups in total. The van der Waals surface area contributed by atoms with E-state index >= 15 is 0 Å². The molecule has 11 heavy (non-hydrogen) atoms. The van der Waals surface area contributed by atoms with Crippen molar-refractivity contribution < 1.29 is 9.15 Å². The number of furan rings is 1. The van der Waals surface area contributed by atoms with Crippen LogP contribution in [0, 0.1) is 0 Å². The van der Waals surface area contributed by atoms with Crippen molar-refractivity contribution in [2.45, 2.75) is 32.0 Å². The topological polar surface area (TPSA) is 25.7 Å². The maximum atomic E-state index is 5.41. The lowest BCUT2D eigenvalue weighted by atomic mass is 10.2. The van der Waals surface area contributed by atoms with Crippen LogP contribution in [-0.4, -0.2) is 6.10 Å². The Morgan fingerprint density at radius 2 is 2.45 bits per heavy atom. The predicted molar refractivity (Wildman–Crippen MR) is 41.2 cm³/mol. The molecule has 1 aliphatic rings. The van der Waals surface area contributed by atoms with Gasteiger partial charge < -0.3 is 9.15 Å². The number of hydrogen-bond acceptors (Lipinski definition) is 2. The van der Waals surface area contributed by atoms with E-state index in [2.05, 4.69) is 6.92 Å². The third-order valence-corrected chi connectivity index (χ3v) is 1.98. The molecule has 0 radical (unpaired) electrons. The zero-order chi connectivity index (χ0) is 7.68. The molecule has 1 aromatic heterocycles. The Kier molecular flexibility index (Phi) is 1.70. The van der Waals surface area contributed by atoms with Gasteiger partial charge in [-0.3, -0.25) is 0 Å². The Balaban J connectivity index is 1.92. The fraction of sp³-hybridized carbons (Fsp3) is 0.556. The van der Waals surface area contributed by atoms with E-state index in [1.165, 1.54) is 6.42 Å². The third kappa shape index (κ3) is 1.31. The molecule has 60 valence electrons. The summed E-state index contributed by atoms with van der Waals surface area (Å²) in [6.45, 7) is 2.17. The summed E-state index contributed by atoms with van der Waals surface area (Å²) in [5, 5.41) is 0. The highest BCUT2D eigenvalue weighted by atomic mass is 16.6. The van der Waals surface area contributed by atoms with E-state index in [4.69, 9.17) is 9.15 Å². The van der Waals surface area contributed by atoms with Crippen molar-refractivity contribution in [2.75, 3.05) is 0 Å². The smallest absolute Gasteiger partial charge is 0.142 e. The van der Waals surface area contributed by atoms with Gasteiger partial charge in [0.15, 0.2) is 0 Å². The lowest BCUT2D eigenvalue weighted by molar-refractivity contribution is 0.342. The SMILES string of the molecule is CCC[C@@H]1O[C@@H]1c1ccco1. The average Bonchev–Trinajstić information content (AvgIpc) is 2.61. The molecule has 2 rings (SSSR count). The molecule has 2 heteroatoms. The first-order valence-electron chi connectivity index (χ1n) is 4.10. The molecule has 2 atom stereocenters. The second-order valence-electron chi connectivity index (χ2n) is 2.90. The molecule has 0 bridgehead atoms. The van der Waals surface area contributed by atoms with Crippen molar-refractivity contribution in [3.05, 3.63) is 24.2 Å². The maximum Gasteiger partial charge on any atom is 0.142 e. The quantitative estimate of drug-likeness (QED) is 0.622. The molecule has 1 saturated heterocycles. The van der Waals surface area contributed by atoms with Crippen molar-refractivity contribution in [2.24, 2.45) is 0 Å². The van der Waals surface area contributed by atoms with Gasteiger partial charge in [0.25, 0.3) is 0 Å². The normalized spacial score (nSPS) is 28.8. The van der Waals surface area contributed by atoms with Crippen LogP contribution in [0.5, 0.6) is 0 Å². The minimum absolute atomic E-state index is 0.255. The average molecular weight is 152 g/mol. The summed E-state index contributed by atoms with van der Waals surface area (Å²) >= 11 is 0. The van der Waals surface area contributed by atoms with Crippen LogP contribution in [0.4, 0.5) is 0 Å². The van der Waals surface area contributed by atoms with Gasteiger partial charge in [-0.1, -0.05) is 13.3 Å². The number of hydrogen-bond donors (Lipinski definition) is 0. The van der Waals surface area contributed by atoms with Gasteiger partial charge in [-0.15, -0.1) is 0 Å². The van der Waals surface area contributed by atoms with Crippen molar-refractivity contribution >= 4 is 0 Å². The first kappa shape index (κ1) is 6.92. The first-order chi connectivity index (χ1) is 5.42. The highest BCUT2D eigenvalue weighted by Gasteiger charge is 2.41. The highest BCUT2D eigenvalue weighted by Crippen LogP contribution is 2.41. The molecule has 0 spiro atoms. The van der Waals surface area contributed by atoms with E-state index in [1.54, 1.807) is 6.26 Å². The number of epoxide rings is 1. The molecule has 2 nitrogen and oxygen atoms in total. The van der Waals surface area contributed by atoms with Crippen LogP contribution in [0.25, 0.3) is 0 Å². The van der Waals surface area contributed by atoms with Crippen molar-refractivity contribution in [1.82, 2.24) is 0 Å². The lowest BCUT2D eigenvalue weighted by Gasteiger charge is -1.86. The van der Waals surface area contributed by atoms with E-state index < -0.39 is 0 Å². The van der Waals surface area contributed by atoms with Crippen LogP contribution in [0.3, 0.4) is 0 Å². The second kappa shape index (κ2) is 2.70. The summed E-state index contributed by atoms with van der Waals surface area (Å²) < 4.78 is 10.6. The Morgan fingerprint density at radius 3 is 3.09 bits per heavy atom. The lowest BCUT2D eigenvalue weighted by Crippen LogP contribution is -1.85. The van der Waals surface area contributed by atoms with Crippen molar-refractivity contribution in [3.8, 4) is 0 Å². The molecule has 1 fully saturated rings. The predicted octanol–water partition coefficient (Wildman–Crippen LogP) is 2.52. The van der Waals surface area contributed by atoms with Crippen molar-refractivity contribution in [1.29, 1.82) is 0 Å². The molecular formula is C9H12O2. The Morgan fingerprint density at radius 1 is 1.55 bits per heavy atom. The summed E-state index contributed by atoms with van der Waals surface area (Å²) in [7, 11) is 0. The van der Waals surface area contributed by atoms with Crippen molar-refractivity contribution in [3.63, 3.8) is 0 Å². The molecule has 0 aromatic carbocycles. The van der Waals surface area contributed by atoms with Gasteiger partial charge in [-0.05, 0) is 18.6 Å². The van der Waals surface area contributed by atoms with Gasteiger partial charge in [-0.25, -0.2) is 0 Å². The van der Waals surface area contributed by atoms with Gasteiger partial charge >= 0.3 is 0 Å². The summed E-state index contributed by atoms with van der Waals surface area (Å²) in [5.41, 5.74) is 0. The van der Waals surface area contributed by atoms with Crippen LogP contribution < -0.4 is 0 Å². The Labute approximate surface area is 66.2 Å². The van der Waals surface area contributed by atoms with Gasteiger partial charge in [-0.2, -0.15) is 0 Å². The van der Waals surface area contributed by atoms with E-state index in [1.807, 2.05) is 12.1 Å². The van der Waals surface area contributed by atoms with E-state index in [0.717, 1.165) is 12.2 Å². The van der Waals surface area contributed by atoms with Gasteiger partial charge in [0.05, 0.1) is 12.4 Å². The standard InChI is InChI=1S/C9H12O2/c1-2-4-8-9(11-8)7-5-3-6-10-7/h3,5-6,8-9H,2,4H2,1H3/t8-,9+/m0/s1. The van der Waals surface area contributed by atoms with Crippen LogP contribution in [0.1, 0.15) is 31.6 Å². The van der Waals surface area contributed by atoms with Crippen LogP contribution in [-0.2, 0) is 4.74 Å². The first-order valence-corrected chi connectivity index (χ1v) is 4.10. The molecule has 1 aliphatic heterocycles. The monoisotopic (exact) mass is 152 g/mol. The molecule has 0 saturated carbocycles. The van der Waals surface area contributed by atoms with E-state index in [-0.39, 0.29) is 6.10 Å². The Hall–Kier alpha value is -0.760. The second-order valence-corrected chi connectivity index (χ2v) is 2.90. The molecule has 0 amide bonds. The maximum absolute atomic E-state index is 5.41.